The Morgan fingerprint density at radius 1 is 0.780 bits per heavy atom. The number of ether oxygens (including phenoxy) is 6. The molecule has 0 spiro atoms. The van der Waals surface area contributed by atoms with Gasteiger partial charge in [-0.05, 0) is 66.8 Å². The monoisotopic (exact) mass is 1160 g/mol. The Balaban J connectivity index is 0.824. The molecule has 27 nitrogen and oxygen atoms in total. The van der Waals surface area contributed by atoms with E-state index >= 15 is 0 Å². The first-order valence-corrected chi connectivity index (χ1v) is 26.9. The number of imide groups is 1. The van der Waals surface area contributed by atoms with Crippen LogP contribution in [0.25, 0.3) is 5.69 Å². The molecule has 442 valence electrons. The van der Waals surface area contributed by atoms with Crippen LogP contribution in [0, 0.1) is 11.8 Å². The Labute approximate surface area is 475 Å². The molecule has 82 heavy (non-hydrogen) atoms. The number of nitrogens with one attached hydrogen (secondary N) is 5. The van der Waals surface area contributed by atoms with Crippen LogP contribution in [0.4, 0.5) is 26.7 Å². The van der Waals surface area contributed by atoms with Gasteiger partial charge in [0.05, 0.1) is 86.4 Å². The van der Waals surface area contributed by atoms with Crippen LogP contribution in [0.5, 0.6) is 5.75 Å². The molecule has 3 aliphatic rings. The Kier molecular flexibility index (Phi) is 22.9. The van der Waals surface area contributed by atoms with Gasteiger partial charge in [-0.15, -0.1) is 0 Å². The van der Waals surface area contributed by atoms with Crippen molar-refractivity contribution in [3.63, 3.8) is 0 Å². The van der Waals surface area contributed by atoms with Crippen LogP contribution < -0.4 is 31.3 Å². The van der Waals surface area contributed by atoms with Gasteiger partial charge in [-0.3, -0.25) is 28.9 Å². The Morgan fingerprint density at radius 2 is 1.51 bits per heavy atom. The largest absolute Gasteiger partial charge is 0.479 e. The number of benzene rings is 3. The van der Waals surface area contributed by atoms with Gasteiger partial charge >= 0.3 is 18.1 Å². The first kappa shape index (κ1) is 61.9. The molecule has 28 heteroatoms. The molecular weight excluding hydrogens is 1100 g/mol. The SMILES string of the molecule is CC1CC(=O)N(CCOCCOCCOCCC(=O)NCCC(=O)Nc2cc(COC(=O)N3CCC(CNC(=O)c4cccc(-n5cc(NC(=O)Nc6ccccc6Cl)cn5)c4)CC3)ccc2O[C@@H]2O[C@H](C(=O)O)[C@@H](O)[C@H](O)[C@H]2O)C1=O. The fraction of sp³-hybridized carbons (Fsp3) is 0.463. The molecule has 3 fully saturated rings. The van der Waals surface area contributed by atoms with Gasteiger partial charge in [-0.2, -0.15) is 5.10 Å². The summed E-state index contributed by atoms with van der Waals surface area (Å²) >= 11 is 6.14. The van der Waals surface area contributed by atoms with Crippen LogP contribution >= 0.6 is 11.6 Å². The maximum absolute atomic E-state index is 13.3. The number of halogens is 1. The van der Waals surface area contributed by atoms with Crippen molar-refractivity contribution in [2.75, 3.05) is 88.3 Å². The number of aliphatic carboxylic acids is 1. The molecule has 9 N–H and O–H groups in total. The maximum Gasteiger partial charge on any atom is 0.410 e. The van der Waals surface area contributed by atoms with Gasteiger partial charge in [0.15, 0.2) is 6.10 Å². The second-order valence-corrected chi connectivity index (χ2v) is 19.8. The molecule has 1 unspecified atom stereocenters. The summed E-state index contributed by atoms with van der Waals surface area (Å²) in [7, 11) is 0. The van der Waals surface area contributed by atoms with Crippen molar-refractivity contribution in [3.8, 4) is 11.4 Å². The number of likely N-dealkylation sites (tertiary alicyclic amines) is 2. The van der Waals surface area contributed by atoms with E-state index in [4.69, 9.17) is 40.0 Å². The molecule has 6 atom stereocenters. The summed E-state index contributed by atoms with van der Waals surface area (Å²) in [5, 5.41) is 59.0. The number of rotatable bonds is 27. The van der Waals surface area contributed by atoms with E-state index in [9.17, 15) is 58.8 Å². The molecule has 0 radical (unpaired) electrons. The van der Waals surface area contributed by atoms with Crippen molar-refractivity contribution in [3.05, 3.63) is 95.3 Å². The van der Waals surface area contributed by atoms with E-state index < -0.39 is 60.6 Å². The third-order valence-corrected chi connectivity index (χ3v) is 13.6. The van der Waals surface area contributed by atoms with Crippen LogP contribution in [0.2, 0.25) is 5.02 Å². The normalized spacial score (nSPS) is 20.0. The highest BCUT2D eigenvalue weighted by atomic mass is 35.5. The Morgan fingerprint density at radius 3 is 2.23 bits per heavy atom. The number of aliphatic hydroxyl groups is 3. The molecule has 0 bridgehead atoms. The summed E-state index contributed by atoms with van der Waals surface area (Å²) in [5.41, 5.74) is 2.15. The van der Waals surface area contributed by atoms with Crippen LogP contribution in [-0.2, 0) is 54.3 Å². The number of carbonyl (C=O) groups excluding carboxylic acids is 7. The van der Waals surface area contributed by atoms with Crippen molar-refractivity contribution in [2.24, 2.45) is 11.8 Å². The molecule has 4 heterocycles. The van der Waals surface area contributed by atoms with Gasteiger partial charge in [-0.1, -0.05) is 42.8 Å². The fourth-order valence-corrected chi connectivity index (χ4v) is 8.95. The van der Waals surface area contributed by atoms with Gasteiger partial charge in [-0.25, -0.2) is 19.1 Å². The average molecular weight is 1160 g/mol. The van der Waals surface area contributed by atoms with Crippen molar-refractivity contribution in [2.45, 2.75) is 76.3 Å². The summed E-state index contributed by atoms with van der Waals surface area (Å²) < 4.78 is 34.5. The number of carboxylic acids is 1. The number of urea groups is 1. The van der Waals surface area contributed by atoms with Crippen molar-refractivity contribution in [1.29, 1.82) is 0 Å². The van der Waals surface area contributed by atoms with Crippen LogP contribution in [-0.4, -0.2) is 191 Å². The molecule has 0 aliphatic carbocycles. The lowest BCUT2D eigenvalue weighted by Crippen LogP contribution is -2.61. The number of amides is 8. The quantitative estimate of drug-likeness (QED) is 0.0306. The summed E-state index contributed by atoms with van der Waals surface area (Å²) in [6.45, 7) is 3.76. The number of aliphatic hydroxyl groups excluding tert-OH is 3. The van der Waals surface area contributed by atoms with Crippen LogP contribution in [0.3, 0.4) is 0 Å². The highest BCUT2D eigenvalue weighted by Crippen LogP contribution is 2.32. The van der Waals surface area contributed by atoms with Gasteiger partial charge in [0.25, 0.3) is 5.91 Å². The minimum Gasteiger partial charge on any atom is -0.479 e. The smallest absolute Gasteiger partial charge is 0.410 e. The number of anilines is 3. The predicted octanol–water partition coefficient (Wildman–Crippen LogP) is 2.50. The number of nitrogens with zero attached hydrogens (tertiary/aromatic N) is 4. The van der Waals surface area contributed by atoms with Gasteiger partial charge in [0.1, 0.15) is 30.7 Å². The first-order chi connectivity index (χ1) is 39.4. The summed E-state index contributed by atoms with van der Waals surface area (Å²) in [4.78, 5) is 103. The molecule has 1 aromatic heterocycles. The zero-order valence-electron chi connectivity index (χ0n) is 44.7. The minimum atomic E-state index is -1.98. The van der Waals surface area contributed by atoms with Gasteiger partial charge in [0.2, 0.25) is 29.9 Å². The zero-order chi connectivity index (χ0) is 58.7. The van der Waals surface area contributed by atoms with Gasteiger partial charge in [0, 0.05) is 56.9 Å². The summed E-state index contributed by atoms with van der Waals surface area (Å²) in [5.74, 6) is -3.78. The molecule has 3 aliphatic heterocycles. The fourth-order valence-electron chi connectivity index (χ4n) is 8.76. The third-order valence-electron chi connectivity index (χ3n) is 13.3. The first-order valence-electron chi connectivity index (χ1n) is 26.5. The van der Waals surface area contributed by atoms with E-state index in [0.29, 0.717) is 65.7 Å². The number of hydrogen-bond acceptors (Lipinski definition) is 18. The number of piperidine rings is 1. The topological polar surface area (TPSA) is 357 Å². The lowest BCUT2D eigenvalue weighted by Gasteiger charge is -2.38. The zero-order valence-corrected chi connectivity index (χ0v) is 45.5. The minimum absolute atomic E-state index is 0.0160. The van der Waals surface area contributed by atoms with Crippen LogP contribution in [0.1, 0.15) is 54.9 Å². The number of hydrogen-bond donors (Lipinski definition) is 9. The van der Waals surface area contributed by atoms with Gasteiger partial charge < -0.3 is 80.3 Å². The molecule has 4 aromatic rings. The standard InChI is InChI=1S/C54H66ClN9O18/c1-32-25-44(67)63(50(32)72)18-20-78-22-24-79-23-21-77-19-14-42(65)56-15-11-43(66)60-40-26-34(9-10-41(40)81-52-47(70)45(68)46(69)48(82-52)51(73)74)31-80-54(76)62-16-12-33(13-17-62)28-57-49(71)35-5-4-6-37(27-35)64-30-36(29-58-64)59-53(75)61-39-8-3-2-7-38(39)55/h2-10,26-27,29-30,32-33,45-48,52,68-70H,11-25,28,31H2,1H3,(H,56,65)(H,57,71)(H,60,66)(H,73,74)(H2,59,61,75)/t32?,45-,46-,47+,48-,52+/m0/s1. The van der Waals surface area contributed by atoms with E-state index in [1.54, 1.807) is 61.7 Å². The van der Waals surface area contributed by atoms with Crippen molar-refractivity contribution < 1.29 is 87.2 Å². The van der Waals surface area contributed by atoms with E-state index in [0.717, 1.165) is 0 Å². The van der Waals surface area contributed by atoms with Crippen molar-refractivity contribution in [1.82, 2.24) is 30.2 Å². The molecule has 3 saturated heterocycles. The highest BCUT2D eigenvalue weighted by molar-refractivity contribution is 6.33. The predicted molar refractivity (Wildman–Crippen MR) is 290 cm³/mol. The lowest BCUT2D eigenvalue weighted by atomic mass is 9.97. The summed E-state index contributed by atoms with van der Waals surface area (Å²) in [6.07, 6.45) is -6.13. The molecule has 8 amide bonds. The second kappa shape index (κ2) is 30.3. The number of aromatic nitrogens is 2. The molecule has 0 saturated carbocycles. The number of carbonyl (C=O) groups is 8. The number of carboxylic acid groups (broad SMARTS) is 1. The van der Waals surface area contributed by atoms with E-state index in [-0.39, 0.29) is 120 Å². The molecular formula is C54H66ClN9O18. The lowest BCUT2D eigenvalue weighted by molar-refractivity contribution is -0.271. The number of para-hydroxylation sites is 1. The Bertz CT molecular complexity index is 2890. The van der Waals surface area contributed by atoms with E-state index in [1.807, 2.05) is 0 Å². The Hall–Kier alpha value is -7.76. The molecule has 7 rings (SSSR count). The summed E-state index contributed by atoms with van der Waals surface area (Å²) in [6, 6.07) is 17.3. The third kappa shape index (κ3) is 17.9. The van der Waals surface area contributed by atoms with Crippen LogP contribution in [0.15, 0.2) is 79.1 Å². The van der Waals surface area contributed by atoms with Crippen molar-refractivity contribution >= 4 is 76.3 Å². The second-order valence-electron chi connectivity index (χ2n) is 19.4. The average Bonchev–Trinajstić information content (AvgIpc) is 4.07. The van der Waals surface area contributed by atoms with E-state index in [2.05, 4.69) is 31.7 Å². The van der Waals surface area contributed by atoms with E-state index in [1.165, 1.54) is 38.9 Å². The molecule has 3 aromatic carbocycles. The highest BCUT2D eigenvalue weighted by Gasteiger charge is 2.48. The maximum atomic E-state index is 13.3.